The number of ether oxygens (including phenoxy) is 1. The largest absolute Gasteiger partial charge is 0.495 e. The van der Waals surface area contributed by atoms with Crippen molar-refractivity contribution in [3.63, 3.8) is 0 Å². The Morgan fingerprint density at radius 3 is 2.44 bits per heavy atom. The quantitative estimate of drug-likeness (QED) is 0.843. The van der Waals surface area contributed by atoms with Gasteiger partial charge in [-0.3, -0.25) is 0 Å². The summed E-state index contributed by atoms with van der Waals surface area (Å²) in [6.07, 6.45) is 0. The highest BCUT2D eigenvalue weighted by Crippen LogP contribution is 2.31. The summed E-state index contributed by atoms with van der Waals surface area (Å²) >= 11 is 0. The second-order valence-electron chi connectivity index (χ2n) is 5.31. The van der Waals surface area contributed by atoms with Gasteiger partial charge in [-0.2, -0.15) is 0 Å². The number of methoxy groups -OCH3 is 1. The van der Waals surface area contributed by atoms with E-state index in [9.17, 15) is 0 Å². The third-order valence-electron chi connectivity index (χ3n) is 3.27. The van der Waals surface area contributed by atoms with Crippen LogP contribution in [0.4, 0.5) is 5.69 Å². The molecule has 0 radical (unpaired) electrons. The van der Waals surface area contributed by atoms with E-state index >= 15 is 0 Å². The van der Waals surface area contributed by atoms with Gasteiger partial charge in [-0.25, -0.2) is 0 Å². The van der Waals surface area contributed by atoms with E-state index in [0.29, 0.717) is 18.4 Å². The second kappa shape index (κ2) is 6.64. The van der Waals surface area contributed by atoms with Gasteiger partial charge in [0.05, 0.1) is 12.8 Å². The highest BCUT2D eigenvalue weighted by molar-refractivity contribution is 5.59. The van der Waals surface area contributed by atoms with Crippen LogP contribution >= 0.6 is 0 Å². The van der Waals surface area contributed by atoms with Crippen molar-refractivity contribution in [2.45, 2.75) is 26.7 Å². The maximum absolute atomic E-state index is 5.67. The molecule has 0 spiro atoms. The first-order valence-electron chi connectivity index (χ1n) is 6.58. The van der Waals surface area contributed by atoms with Crippen molar-refractivity contribution in [3.8, 4) is 5.75 Å². The van der Waals surface area contributed by atoms with Gasteiger partial charge >= 0.3 is 0 Å². The number of anilines is 1. The first kappa shape index (κ1) is 14.8. The molecule has 0 amide bonds. The molecule has 0 aromatic heterocycles. The predicted molar refractivity (Wildman–Crippen MR) is 78.6 cm³/mol. The van der Waals surface area contributed by atoms with Gasteiger partial charge in [0.25, 0.3) is 0 Å². The lowest BCUT2D eigenvalue weighted by Gasteiger charge is -2.25. The molecule has 2 N–H and O–H groups in total. The van der Waals surface area contributed by atoms with Crippen molar-refractivity contribution >= 4 is 5.69 Å². The van der Waals surface area contributed by atoms with E-state index in [-0.39, 0.29) is 0 Å². The average Bonchev–Trinajstić information content (AvgIpc) is 2.37. The van der Waals surface area contributed by atoms with Crippen LogP contribution in [0.5, 0.6) is 5.75 Å². The van der Waals surface area contributed by atoms with Gasteiger partial charge in [0.2, 0.25) is 0 Å². The maximum Gasteiger partial charge on any atom is 0.142 e. The van der Waals surface area contributed by atoms with Gasteiger partial charge in [-0.15, -0.1) is 0 Å². The molecule has 18 heavy (non-hydrogen) atoms. The first-order chi connectivity index (χ1) is 8.49. The molecule has 0 aliphatic carbocycles. The number of nitrogens with zero attached hydrogens (tertiary/aromatic N) is 1. The summed E-state index contributed by atoms with van der Waals surface area (Å²) in [6.45, 7) is 8.18. The van der Waals surface area contributed by atoms with E-state index in [0.717, 1.165) is 18.0 Å². The molecule has 0 saturated carbocycles. The third kappa shape index (κ3) is 3.64. The normalized spacial score (nSPS) is 12.6. The number of hydrogen-bond donors (Lipinski definition) is 1. The number of nitrogens with two attached hydrogens (primary N) is 1. The molecule has 3 heteroatoms. The minimum absolute atomic E-state index is 0.476. The summed E-state index contributed by atoms with van der Waals surface area (Å²) in [5.41, 5.74) is 8.10. The minimum atomic E-state index is 0.476. The van der Waals surface area contributed by atoms with Crippen LogP contribution in [0.3, 0.4) is 0 Å². The minimum Gasteiger partial charge on any atom is -0.495 e. The lowest BCUT2D eigenvalue weighted by molar-refractivity contribution is 0.413. The Kier molecular flexibility index (Phi) is 5.48. The molecule has 1 atom stereocenters. The molecule has 0 saturated heterocycles. The molecule has 3 nitrogen and oxygen atoms in total. The van der Waals surface area contributed by atoms with Gasteiger partial charge in [-0.05, 0) is 36.1 Å². The SMILES string of the molecule is COc1cc(C(C)C)ccc1N(C)CC(C)CN. The van der Waals surface area contributed by atoms with Crippen molar-refractivity contribution in [3.05, 3.63) is 23.8 Å². The average molecular weight is 250 g/mol. The Morgan fingerprint density at radius 2 is 1.94 bits per heavy atom. The molecule has 0 aliphatic heterocycles. The molecule has 0 aliphatic rings. The summed E-state index contributed by atoms with van der Waals surface area (Å²) in [4.78, 5) is 2.21. The smallest absolute Gasteiger partial charge is 0.142 e. The van der Waals surface area contributed by atoms with E-state index in [2.05, 4.69) is 50.9 Å². The van der Waals surface area contributed by atoms with E-state index in [1.165, 1.54) is 5.56 Å². The van der Waals surface area contributed by atoms with Crippen LogP contribution in [-0.4, -0.2) is 27.2 Å². The molecule has 0 fully saturated rings. The van der Waals surface area contributed by atoms with Gasteiger partial charge in [0.1, 0.15) is 5.75 Å². The molecule has 0 bridgehead atoms. The number of benzene rings is 1. The first-order valence-corrected chi connectivity index (χ1v) is 6.58. The molecular formula is C15H26N2O. The lowest BCUT2D eigenvalue weighted by Crippen LogP contribution is -2.28. The van der Waals surface area contributed by atoms with Crippen LogP contribution in [0.15, 0.2) is 18.2 Å². The van der Waals surface area contributed by atoms with Crippen LogP contribution in [0.1, 0.15) is 32.3 Å². The molecule has 1 rings (SSSR count). The standard InChI is InChI=1S/C15H26N2O/c1-11(2)13-6-7-14(15(8-13)18-5)17(4)10-12(3)9-16/h6-8,11-12H,9-10,16H2,1-5H3. The molecule has 1 unspecified atom stereocenters. The van der Waals surface area contributed by atoms with Crippen molar-refractivity contribution in [2.75, 3.05) is 32.1 Å². The van der Waals surface area contributed by atoms with Crippen molar-refractivity contribution in [1.29, 1.82) is 0 Å². The summed E-state index contributed by atoms with van der Waals surface area (Å²) in [7, 11) is 3.81. The topological polar surface area (TPSA) is 38.5 Å². The van der Waals surface area contributed by atoms with Crippen LogP contribution in [0.25, 0.3) is 0 Å². The predicted octanol–water partition coefficient (Wildman–Crippen LogP) is 2.85. The molecular weight excluding hydrogens is 224 g/mol. The van der Waals surface area contributed by atoms with E-state index in [4.69, 9.17) is 10.5 Å². The Labute approximate surface area is 111 Å². The number of hydrogen-bond acceptors (Lipinski definition) is 3. The fourth-order valence-corrected chi connectivity index (χ4v) is 2.01. The zero-order valence-electron chi connectivity index (χ0n) is 12.2. The monoisotopic (exact) mass is 250 g/mol. The van der Waals surface area contributed by atoms with E-state index in [1.54, 1.807) is 7.11 Å². The fourth-order valence-electron chi connectivity index (χ4n) is 2.01. The van der Waals surface area contributed by atoms with Gasteiger partial charge < -0.3 is 15.4 Å². The summed E-state index contributed by atoms with van der Waals surface area (Å²) < 4.78 is 5.50. The van der Waals surface area contributed by atoms with Gasteiger partial charge in [0.15, 0.2) is 0 Å². The van der Waals surface area contributed by atoms with Crippen molar-refractivity contribution in [2.24, 2.45) is 11.7 Å². The Morgan fingerprint density at radius 1 is 1.28 bits per heavy atom. The van der Waals surface area contributed by atoms with E-state index < -0.39 is 0 Å². The fraction of sp³-hybridized carbons (Fsp3) is 0.600. The van der Waals surface area contributed by atoms with Crippen molar-refractivity contribution in [1.82, 2.24) is 0 Å². The second-order valence-corrected chi connectivity index (χ2v) is 5.31. The Balaban J connectivity index is 2.94. The summed E-state index contributed by atoms with van der Waals surface area (Å²) in [5, 5.41) is 0. The number of rotatable bonds is 6. The summed E-state index contributed by atoms with van der Waals surface area (Å²) in [5.74, 6) is 1.93. The van der Waals surface area contributed by atoms with Gasteiger partial charge in [0, 0.05) is 13.6 Å². The third-order valence-corrected chi connectivity index (χ3v) is 3.27. The van der Waals surface area contributed by atoms with Crippen LogP contribution in [0.2, 0.25) is 0 Å². The van der Waals surface area contributed by atoms with Gasteiger partial charge in [-0.1, -0.05) is 26.8 Å². The zero-order chi connectivity index (χ0) is 13.7. The Bertz CT molecular complexity index is 377. The van der Waals surface area contributed by atoms with Crippen molar-refractivity contribution < 1.29 is 4.74 Å². The molecule has 0 heterocycles. The molecule has 1 aromatic rings. The zero-order valence-corrected chi connectivity index (χ0v) is 12.2. The molecule has 102 valence electrons. The molecule has 1 aromatic carbocycles. The maximum atomic E-state index is 5.67. The lowest BCUT2D eigenvalue weighted by atomic mass is 10.0. The van der Waals surface area contributed by atoms with E-state index in [1.807, 2.05) is 0 Å². The summed E-state index contributed by atoms with van der Waals surface area (Å²) in [6, 6.07) is 6.44. The Hall–Kier alpha value is -1.22. The van der Waals surface area contributed by atoms with Crippen LogP contribution < -0.4 is 15.4 Å². The van der Waals surface area contributed by atoms with Crippen LogP contribution in [0, 0.1) is 5.92 Å². The highest BCUT2D eigenvalue weighted by Gasteiger charge is 2.12. The highest BCUT2D eigenvalue weighted by atomic mass is 16.5. The van der Waals surface area contributed by atoms with Crippen LogP contribution in [-0.2, 0) is 0 Å².